The summed E-state index contributed by atoms with van der Waals surface area (Å²) in [6.07, 6.45) is 1.66. The van der Waals surface area contributed by atoms with Crippen LogP contribution in [0.2, 0.25) is 0 Å². The molecule has 7 heteroatoms. The van der Waals surface area contributed by atoms with Crippen LogP contribution in [0.4, 0.5) is 4.79 Å². The van der Waals surface area contributed by atoms with Crippen molar-refractivity contribution in [2.75, 3.05) is 13.7 Å². The Kier molecular flexibility index (Phi) is 5.92. The summed E-state index contributed by atoms with van der Waals surface area (Å²) in [5.74, 6) is 0.552. The number of hydrogen-bond acceptors (Lipinski definition) is 6. The van der Waals surface area contributed by atoms with Crippen LogP contribution in [0, 0.1) is 11.3 Å². The van der Waals surface area contributed by atoms with Gasteiger partial charge in [0.05, 0.1) is 18.6 Å². The molecule has 1 heterocycles. The summed E-state index contributed by atoms with van der Waals surface area (Å²) in [4.78, 5) is 27.1. The number of benzene rings is 3. The van der Waals surface area contributed by atoms with Crippen LogP contribution in [0.3, 0.4) is 0 Å². The Morgan fingerprint density at radius 2 is 1.87 bits per heavy atom. The maximum atomic E-state index is 12.9. The van der Waals surface area contributed by atoms with E-state index in [4.69, 9.17) is 14.7 Å². The van der Waals surface area contributed by atoms with Gasteiger partial charge in [0, 0.05) is 0 Å². The molecule has 2 amide bonds. The lowest BCUT2D eigenvalue weighted by atomic mass is 10.0. The number of hydrogen-bond donors (Lipinski definition) is 0. The van der Waals surface area contributed by atoms with Crippen LogP contribution in [0.5, 0.6) is 11.5 Å². The smallest absolute Gasteiger partial charge is 0.293 e. The summed E-state index contributed by atoms with van der Waals surface area (Å²) in [5, 5.41) is 10.5. The number of nitriles is 1. The van der Waals surface area contributed by atoms with Crippen molar-refractivity contribution >= 4 is 39.8 Å². The normalized spacial score (nSPS) is 14.8. The molecule has 3 aromatic rings. The Labute approximate surface area is 183 Å². The highest BCUT2D eigenvalue weighted by molar-refractivity contribution is 8.18. The van der Waals surface area contributed by atoms with Crippen molar-refractivity contribution in [3.63, 3.8) is 0 Å². The Bertz CT molecular complexity index is 1240. The van der Waals surface area contributed by atoms with E-state index in [-0.39, 0.29) is 24.3 Å². The SMILES string of the molecule is COc1cc(/C=C2\SC(=O)N(Cc3cccc4ccccc34)C2=O)ccc1OCC#N. The predicted octanol–water partition coefficient (Wildman–Crippen LogP) is 4.99. The number of nitrogens with zero attached hydrogens (tertiary/aromatic N) is 2. The van der Waals surface area contributed by atoms with E-state index in [1.807, 2.05) is 48.5 Å². The number of thioether (sulfide) groups is 1. The molecule has 0 aliphatic carbocycles. The van der Waals surface area contributed by atoms with Crippen LogP contribution in [-0.4, -0.2) is 29.8 Å². The van der Waals surface area contributed by atoms with Gasteiger partial charge in [-0.3, -0.25) is 14.5 Å². The van der Waals surface area contributed by atoms with Gasteiger partial charge in [0.2, 0.25) is 0 Å². The quantitative estimate of drug-likeness (QED) is 0.513. The second-order valence-corrected chi connectivity index (χ2v) is 7.76. The number of ether oxygens (including phenoxy) is 2. The van der Waals surface area contributed by atoms with Crippen molar-refractivity contribution < 1.29 is 19.1 Å². The maximum Gasteiger partial charge on any atom is 0.293 e. The third-order valence-corrected chi connectivity index (χ3v) is 5.77. The lowest BCUT2D eigenvalue weighted by Gasteiger charge is -2.14. The first-order valence-electron chi connectivity index (χ1n) is 9.50. The lowest BCUT2D eigenvalue weighted by molar-refractivity contribution is -0.123. The predicted molar refractivity (Wildman–Crippen MR) is 120 cm³/mol. The molecule has 0 saturated carbocycles. The minimum absolute atomic E-state index is 0.0945. The van der Waals surface area contributed by atoms with Crippen molar-refractivity contribution in [1.82, 2.24) is 4.90 Å². The molecule has 3 aromatic carbocycles. The van der Waals surface area contributed by atoms with Crippen molar-refractivity contribution in [2.24, 2.45) is 0 Å². The highest BCUT2D eigenvalue weighted by atomic mass is 32.2. The van der Waals surface area contributed by atoms with Crippen LogP contribution < -0.4 is 9.47 Å². The van der Waals surface area contributed by atoms with E-state index >= 15 is 0 Å². The number of carbonyl (C=O) groups excluding carboxylic acids is 2. The van der Waals surface area contributed by atoms with E-state index in [1.54, 1.807) is 24.3 Å². The van der Waals surface area contributed by atoms with Gasteiger partial charge in [0.15, 0.2) is 18.1 Å². The Morgan fingerprint density at radius 3 is 2.68 bits per heavy atom. The van der Waals surface area contributed by atoms with Crippen LogP contribution >= 0.6 is 11.8 Å². The first-order valence-corrected chi connectivity index (χ1v) is 10.3. The van der Waals surface area contributed by atoms with Crippen molar-refractivity contribution in [1.29, 1.82) is 5.26 Å². The first kappa shape index (κ1) is 20.5. The van der Waals surface area contributed by atoms with E-state index < -0.39 is 0 Å². The molecule has 4 rings (SSSR count). The third kappa shape index (κ3) is 4.25. The van der Waals surface area contributed by atoms with E-state index in [1.165, 1.54) is 12.0 Å². The number of amides is 2. The minimum Gasteiger partial charge on any atom is -0.493 e. The van der Waals surface area contributed by atoms with Gasteiger partial charge >= 0.3 is 0 Å². The molecule has 6 nitrogen and oxygen atoms in total. The van der Waals surface area contributed by atoms with Crippen LogP contribution in [0.25, 0.3) is 16.8 Å². The second kappa shape index (κ2) is 8.94. The largest absolute Gasteiger partial charge is 0.493 e. The Morgan fingerprint density at radius 1 is 1.06 bits per heavy atom. The van der Waals surface area contributed by atoms with Crippen LogP contribution in [0.15, 0.2) is 65.6 Å². The van der Waals surface area contributed by atoms with Gasteiger partial charge in [-0.05, 0) is 51.9 Å². The second-order valence-electron chi connectivity index (χ2n) is 6.76. The molecule has 0 unspecified atom stereocenters. The number of methoxy groups -OCH3 is 1. The van der Waals surface area contributed by atoms with E-state index in [9.17, 15) is 9.59 Å². The van der Waals surface area contributed by atoms with Crippen molar-refractivity contribution in [2.45, 2.75) is 6.54 Å². The molecular formula is C24H18N2O4S. The topological polar surface area (TPSA) is 79.6 Å². The fourth-order valence-electron chi connectivity index (χ4n) is 3.39. The molecule has 0 bridgehead atoms. The summed E-state index contributed by atoms with van der Waals surface area (Å²) in [5.41, 5.74) is 1.61. The zero-order chi connectivity index (χ0) is 21.8. The fraction of sp³-hybridized carbons (Fsp3) is 0.125. The highest BCUT2D eigenvalue weighted by Gasteiger charge is 2.35. The molecule has 0 aromatic heterocycles. The number of imide groups is 1. The molecule has 0 spiro atoms. The van der Waals surface area contributed by atoms with Gasteiger partial charge in [-0.1, -0.05) is 48.5 Å². The van der Waals surface area contributed by atoms with E-state index in [0.29, 0.717) is 22.0 Å². The number of rotatable bonds is 6. The van der Waals surface area contributed by atoms with Crippen molar-refractivity contribution in [3.05, 3.63) is 76.7 Å². The molecule has 0 N–H and O–H groups in total. The molecule has 31 heavy (non-hydrogen) atoms. The number of fused-ring (bicyclic) bond motifs is 1. The molecule has 154 valence electrons. The third-order valence-electron chi connectivity index (χ3n) is 4.86. The minimum atomic E-state index is -0.327. The van der Waals surface area contributed by atoms with Gasteiger partial charge in [-0.25, -0.2) is 0 Å². The van der Waals surface area contributed by atoms with Crippen LogP contribution in [-0.2, 0) is 11.3 Å². The zero-order valence-electron chi connectivity index (χ0n) is 16.7. The molecule has 0 atom stereocenters. The molecule has 0 radical (unpaired) electrons. The summed E-state index contributed by atoms with van der Waals surface area (Å²) >= 11 is 0.916. The number of carbonyl (C=O) groups is 2. The van der Waals surface area contributed by atoms with Crippen molar-refractivity contribution in [3.8, 4) is 17.6 Å². The van der Waals surface area contributed by atoms with Crippen LogP contribution in [0.1, 0.15) is 11.1 Å². The molecule has 1 aliphatic rings. The lowest BCUT2D eigenvalue weighted by Crippen LogP contribution is -2.27. The average Bonchev–Trinajstić information content (AvgIpc) is 3.05. The molecule has 1 fully saturated rings. The summed E-state index contributed by atoms with van der Waals surface area (Å²) in [7, 11) is 1.50. The maximum absolute atomic E-state index is 12.9. The molecule has 1 aliphatic heterocycles. The molecular weight excluding hydrogens is 412 g/mol. The van der Waals surface area contributed by atoms with E-state index in [2.05, 4.69) is 0 Å². The molecule has 1 saturated heterocycles. The van der Waals surface area contributed by atoms with Gasteiger partial charge in [0.25, 0.3) is 11.1 Å². The van der Waals surface area contributed by atoms with Gasteiger partial charge in [-0.15, -0.1) is 0 Å². The summed E-state index contributed by atoms with van der Waals surface area (Å²) in [6.45, 7) is 0.121. The summed E-state index contributed by atoms with van der Waals surface area (Å²) in [6, 6.07) is 20.8. The highest BCUT2D eigenvalue weighted by Crippen LogP contribution is 2.36. The standard InChI is InChI=1S/C24H18N2O4S/c1-29-21-13-16(9-10-20(21)30-12-11-25)14-22-23(27)26(24(28)31-22)15-18-7-4-6-17-5-2-3-8-19(17)18/h2-10,13-14H,12,15H2,1H3/b22-14-. The first-order chi connectivity index (χ1) is 15.1. The average molecular weight is 430 g/mol. The fourth-order valence-corrected chi connectivity index (χ4v) is 4.23. The van der Waals surface area contributed by atoms with Gasteiger partial charge in [0.1, 0.15) is 6.07 Å². The van der Waals surface area contributed by atoms with Gasteiger partial charge in [-0.2, -0.15) is 5.26 Å². The Balaban J connectivity index is 1.58. The zero-order valence-corrected chi connectivity index (χ0v) is 17.5. The Hall–Kier alpha value is -3.76. The van der Waals surface area contributed by atoms with Gasteiger partial charge < -0.3 is 9.47 Å². The monoisotopic (exact) mass is 430 g/mol. The summed E-state index contributed by atoms with van der Waals surface area (Å²) < 4.78 is 10.6. The van der Waals surface area contributed by atoms with E-state index in [0.717, 1.165) is 28.1 Å².